The van der Waals surface area contributed by atoms with Crippen molar-refractivity contribution in [1.82, 2.24) is 9.97 Å². The van der Waals surface area contributed by atoms with E-state index >= 15 is 0 Å². The van der Waals surface area contributed by atoms with E-state index in [0.29, 0.717) is 0 Å². The van der Waals surface area contributed by atoms with Crippen molar-refractivity contribution in [2.75, 3.05) is 0 Å². The van der Waals surface area contributed by atoms with E-state index in [-0.39, 0.29) is 22.8 Å². The molecule has 7 heteroatoms. The summed E-state index contributed by atoms with van der Waals surface area (Å²) in [5.74, 6) is -1.35. The average molecular weight is 310 g/mol. The van der Waals surface area contributed by atoms with Gasteiger partial charge >= 0.3 is 0 Å². The lowest BCUT2D eigenvalue weighted by atomic mass is 10.1. The number of rotatable bonds is 2. The molecule has 0 radical (unpaired) electrons. The second-order valence-corrected chi connectivity index (χ2v) is 4.55. The third kappa shape index (κ3) is 2.71. The highest BCUT2D eigenvalue weighted by Gasteiger charge is 2.13. The predicted octanol–water partition coefficient (Wildman–Crippen LogP) is 4.31. The summed E-state index contributed by atoms with van der Waals surface area (Å²) < 4.78 is 26.7. The lowest BCUT2D eigenvalue weighted by Crippen LogP contribution is -2.02. The van der Waals surface area contributed by atoms with E-state index in [1.807, 2.05) is 0 Å². The largest absolute Gasteiger partial charge is 0.218 e. The maximum Gasteiger partial charge on any atom is 0.197 e. The molecule has 94 valence electrons. The lowest BCUT2D eigenvalue weighted by molar-refractivity contribution is 0.603. The van der Waals surface area contributed by atoms with Gasteiger partial charge in [0.1, 0.15) is 11.6 Å². The van der Waals surface area contributed by atoms with Gasteiger partial charge in [-0.3, -0.25) is 0 Å². The Kier molecular flexibility index (Phi) is 4.00. The van der Waals surface area contributed by atoms with Crippen molar-refractivity contribution in [2.24, 2.45) is 0 Å². The molecule has 1 heterocycles. The number of halogens is 5. The minimum absolute atomic E-state index is 0.00759. The highest BCUT2D eigenvalue weighted by molar-refractivity contribution is 6.33. The van der Waals surface area contributed by atoms with Crippen LogP contribution in [0.2, 0.25) is 15.3 Å². The summed E-state index contributed by atoms with van der Waals surface area (Å²) in [5.41, 5.74) is 0.279. The molecule has 0 aliphatic rings. The Hall–Kier alpha value is -0.970. The molecule has 2 rings (SSSR count). The van der Waals surface area contributed by atoms with Gasteiger partial charge in [-0.2, -0.15) is 0 Å². The van der Waals surface area contributed by atoms with Gasteiger partial charge in [0.05, 0.1) is 5.02 Å². The third-order valence-electron chi connectivity index (χ3n) is 2.20. The molecule has 0 amide bonds. The molecule has 18 heavy (non-hydrogen) atoms. The Morgan fingerprint density at radius 1 is 0.944 bits per heavy atom. The molecular weight excluding hydrogens is 304 g/mol. The molecule has 1 aromatic carbocycles. The molecule has 0 spiro atoms. The Labute approximate surface area is 117 Å². The van der Waals surface area contributed by atoms with Crippen LogP contribution in [0.4, 0.5) is 8.78 Å². The van der Waals surface area contributed by atoms with Gasteiger partial charge in [-0.15, -0.1) is 0 Å². The van der Waals surface area contributed by atoms with Crippen LogP contribution in [0.15, 0.2) is 18.2 Å². The van der Waals surface area contributed by atoms with E-state index in [0.717, 1.165) is 0 Å². The number of hydrogen-bond acceptors (Lipinski definition) is 2. The normalized spacial score (nSPS) is 10.7. The number of nitrogens with zero attached hydrogens (tertiary/aromatic N) is 2. The topological polar surface area (TPSA) is 25.8 Å². The van der Waals surface area contributed by atoms with E-state index in [4.69, 9.17) is 34.8 Å². The van der Waals surface area contributed by atoms with Gasteiger partial charge in [0.25, 0.3) is 0 Å². The lowest BCUT2D eigenvalue weighted by Gasteiger charge is -2.05. The average Bonchev–Trinajstić information content (AvgIpc) is 2.32. The summed E-state index contributed by atoms with van der Waals surface area (Å²) in [5, 5.41) is -0.799. The summed E-state index contributed by atoms with van der Waals surface area (Å²) in [6.45, 7) is 0. The summed E-state index contributed by atoms with van der Waals surface area (Å²) in [4.78, 5) is 7.37. The van der Waals surface area contributed by atoms with E-state index in [9.17, 15) is 8.78 Å². The Bertz CT molecular complexity index is 582. The van der Waals surface area contributed by atoms with Crippen molar-refractivity contribution in [3.05, 3.63) is 56.6 Å². The van der Waals surface area contributed by atoms with Crippen LogP contribution in [-0.4, -0.2) is 9.97 Å². The van der Waals surface area contributed by atoms with E-state index in [1.165, 1.54) is 12.1 Å². The van der Waals surface area contributed by atoms with Gasteiger partial charge in [-0.1, -0.05) is 46.9 Å². The summed E-state index contributed by atoms with van der Waals surface area (Å²) in [6.07, 6.45) is 0.0200. The van der Waals surface area contributed by atoms with Gasteiger partial charge < -0.3 is 0 Å². The maximum absolute atomic E-state index is 13.6. The zero-order valence-corrected chi connectivity index (χ0v) is 11.0. The first-order valence-electron chi connectivity index (χ1n) is 4.79. The van der Waals surface area contributed by atoms with E-state index in [2.05, 4.69) is 9.97 Å². The van der Waals surface area contributed by atoms with Crippen LogP contribution in [0, 0.1) is 11.6 Å². The standard InChI is InChI=1S/C11H5Cl3F2N2/c12-6-3-1-2-5(8(6)15)4-7-17-10(13)9(16)11(14)18-7/h1-3H,4H2. The van der Waals surface area contributed by atoms with Crippen LogP contribution in [-0.2, 0) is 6.42 Å². The van der Waals surface area contributed by atoms with Gasteiger partial charge in [0.15, 0.2) is 16.1 Å². The van der Waals surface area contributed by atoms with E-state index in [1.54, 1.807) is 6.07 Å². The zero-order valence-electron chi connectivity index (χ0n) is 8.72. The first-order valence-corrected chi connectivity index (χ1v) is 5.92. The van der Waals surface area contributed by atoms with Crippen LogP contribution in [0.25, 0.3) is 0 Å². The first kappa shape index (κ1) is 13.5. The molecule has 0 aliphatic carbocycles. The highest BCUT2D eigenvalue weighted by Crippen LogP contribution is 2.22. The molecule has 2 nitrogen and oxygen atoms in total. The van der Waals surface area contributed by atoms with Crippen molar-refractivity contribution in [3.8, 4) is 0 Å². The number of hydrogen-bond donors (Lipinski definition) is 0. The maximum atomic E-state index is 13.6. The van der Waals surface area contributed by atoms with Crippen LogP contribution in [0.3, 0.4) is 0 Å². The minimum Gasteiger partial charge on any atom is -0.218 e. The third-order valence-corrected chi connectivity index (χ3v) is 2.99. The molecule has 0 saturated heterocycles. The molecule has 0 bridgehead atoms. The summed E-state index contributed by atoms with van der Waals surface area (Å²) in [6, 6.07) is 4.54. The van der Waals surface area contributed by atoms with Gasteiger partial charge in [0, 0.05) is 6.42 Å². The van der Waals surface area contributed by atoms with Crippen molar-refractivity contribution in [3.63, 3.8) is 0 Å². The molecular formula is C11H5Cl3F2N2. The quantitative estimate of drug-likeness (QED) is 0.773. The Balaban J connectivity index is 2.37. The molecule has 0 aliphatic heterocycles. The van der Waals surface area contributed by atoms with Crippen LogP contribution < -0.4 is 0 Å². The van der Waals surface area contributed by atoms with Gasteiger partial charge in [-0.05, 0) is 11.6 Å². The molecule has 2 aromatic rings. The predicted molar refractivity (Wildman–Crippen MR) is 66.2 cm³/mol. The van der Waals surface area contributed by atoms with Crippen LogP contribution in [0.5, 0.6) is 0 Å². The summed E-state index contributed by atoms with van der Waals surface area (Å²) >= 11 is 16.7. The smallest absolute Gasteiger partial charge is 0.197 e. The molecule has 0 unspecified atom stereocenters. The molecule has 1 aromatic heterocycles. The van der Waals surface area contributed by atoms with E-state index < -0.39 is 21.9 Å². The Morgan fingerprint density at radius 2 is 1.56 bits per heavy atom. The molecule has 0 atom stereocenters. The number of aromatic nitrogens is 2. The molecule has 0 saturated carbocycles. The fourth-order valence-corrected chi connectivity index (χ4v) is 1.99. The van der Waals surface area contributed by atoms with Crippen molar-refractivity contribution >= 4 is 34.8 Å². The fourth-order valence-electron chi connectivity index (χ4n) is 1.37. The Morgan fingerprint density at radius 3 is 2.17 bits per heavy atom. The van der Waals surface area contributed by atoms with Gasteiger partial charge in [-0.25, -0.2) is 18.7 Å². The second-order valence-electron chi connectivity index (χ2n) is 3.43. The van der Waals surface area contributed by atoms with Crippen LogP contribution >= 0.6 is 34.8 Å². The molecule has 0 N–H and O–H groups in total. The minimum atomic E-state index is -0.895. The first-order chi connectivity index (χ1) is 8.49. The monoisotopic (exact) mass is 308 g/mol. The van der Waals surface area contributed by atoms with Crippen LogP contribution in [0.1, 0.15) is 11.4 Å². The summed E-state index contributed by atoms with van der Waals surface area (Å²) in [7, 11) is 0. The van der Waals surface area contributed by atoms with Crippen molar-refractivity contribution in [2.45, 2.75) is 6.42 Å². The highest BCUT2D eigenvalue weighted by atomic mass is 35.5. The van der Waals surface area contributed by atoms with Crippen molar-refractivity contribution < 1.29 is 8.78 Å². The SMILES string of the molecule is Fc1c(Cl)cccc1Cc1nc(Cl)c(F)c(Cl)n1. The van der Waals surface area contributed by atoms with Gasteiger partial charge in [0.2, 0.25) is 0 Å². The molecule has 0 fully saturated rings. The van der Waals surface area contributed by atoms with Crippen molar-refractivity contribution in [1.29, 1.82) is 0 Å². The second kappa shape index (κ2) is 5.34. The number of benzene rings is 1. The fraction of sp³-hybridized carbons (Fsp3) is 0.0909. The zero-order chi connectivity index (χ0) is 13.3.